The maximum absolute atomic E-state index is 10.5. The summed E-state index contributed by atoms with van der Waals surface area (Å²) in [5.74, 6) is 0.793. The summed E-state index contributed by atoms with van der Waals surface area (Å²) in [6, 6.07) is 0. The summed E-state index contributed by atoms with van der Waals surface area (Å²) < 4.78 is 0. The normalized spacial score (nSPS) is 9.69. The minimum absolute atomic E-state index is 0.0903. The Hall–Kier alpha value is -1.72. The highest BCUT2D eigenvalue weighted by Gasteiger charge is 2.14. The van der Waals surface area contributed by atoms with Crippen LogP contribution < -0.4 is 5.32 Å². The predicted molar refractivity (Wildman–Crippen MR) is 47.6 cm³/mol. The van der Waals surface area contributed by atoms with E-state index in [4.69, 9.17) is 0 Å². The lowest BCUT2D eigenvalue weighted by molar-refractivity contribution is -0.384. The molecule has 6 heteroatoms. The number of hydrogen-bond donors (Lipinski definition) is 1. The molecule has 0 aromatic carbocycles. The van der Waals surface area contributed by atoms with Crippen LogP contribution in [-0.2, 0) is 0 Å². The highest BCUT2D eigenvalue weighted by Crippen LogP contribution is 2.19. The molecule has 0 aliphatic carbocycles. The van der Waals surface area contributed by atoms with Gasteiger partial charge >= 0.3 is 5.69 Å². The molecule has 1 aromatic heterocycles. The van der Waals surface area contributed by atoms with Crippen LogP contribution in [0.15, 0.2) is 6.20 Å². The predicted octanol–water partition coefficient (Wildman–Crippen LogP) is 1.13. The first kappa shape index (κ1) is 9.37. The Kier molecular flexibility index (Phi) is 2.73. The van der Waals surface area contributed by atoms with Crippen molar-refractivity contribution in [2.24, 2.45) is 0 Å². The van der Waals surface area contributed by atoms with E-state index < -0.39 is 4.92 Å². The van der Waals surface area contributed by atoms with E-state index in [1.165, 1.54) is 6.20 Å². The Morgan fingerprint density at radius 1 is 1.69 bits per heavy atom. The van der Waals surface area contributed by atoms with Crippen molar-refractivity contribution in [1.82, 2.24) is 9.97 Å². The van der Waals surface area contributed by atoms with Gasteiger partial charge in [-0.25, -0.2) is 9.97 Å². The minimum atomic E-state index is -0.503. The van der Waals surface area contributed by atoms with Gasteiger partial charge in [0.2, 0.25) is 5.82 Å². The molecule has 0 radical (unpaired) electrons. The van der Waals surface area contributed by atoms with Gasteiger partial charge in [-0.05, 0) is 13.8 Å². The molecule has 0 aliphatic rings. The third kappa shape index (κ3) is 2.11. The van der Waals surface area contributed by atoms with Gasteiger partial charge < -0.3 is 5.32 Å². The van der Waals surface area contributed by atoms with Crippen LogP contribution in [0.4, 0.5) is 11.5 Å². The van der Waals surface area contributed by atoms with Crippen LogP contribution in [0.2, 0.25) is 0 Å². The first-order valence-electron chi connectivity index (χ1n) is 3.87. The van der Waals surface area contributed by atoms with Gasteiger partial charge in [0.05, 0.1) is 4.92 Å². The van der Waals surface area contributed by atoms with Gasteiger partial charge in [0.1, 0.15) is 12.0 Å². The smallest absolute Gasteiger partial charge is 0.329 e. The van der Waals surface area contributed by atoms with Crippen LogP contribution >= 0.6 is 0 Å². The number of hydrogen-bond acceptors (Lipinski definition) is 5. The molecule has 0 saturated heterocycles. The van der Waals surface area contributed by atoms with E-state index in [0.29, 0.717) is 12.4 Å². The van der Waals surface area contributed by atoms with Gasteiger partial charge in [0.25, 0.3) is 0 Å². The van der Waals surface area contributed by atoms with Crippen molar-refractivity contribution >= 4 is 11.5 Å². The fourth-order valence-electron chi connectivity index (χ4n) is 0.895. The van der Waals surface area contributed by atoms with Gasteiger partial charge in [0, 0.05) is 6.54 Å². The highest BCUT2D eigenvalue weighted by molar-refractivity contribution is 5.53. The molecule has 0 amide bonds. The zero-order chi connectivity index (χ0) is 9.84. The van der Waals surface area contributed by atoms with Crippen molar-refractivity contribution < 1.29 is 4.92 Å². The van der Waals surface area contributed by atoms with E-state index in [9.17, 15) is 10.1 Å². The first-order chi connectivity index (χ1) is 6.15. The summed E-state index contributed by atoms with van der Waals surface area (Å²) >= 11 is 0. The fraction of sp³-hybridized carbons (Fsp3) is 0.429. The molecule has 1 rings (SSSR count). The summed E-state index contributed by atoms with van der Waals surface area (Å²) in [6.45, 7) is 4.13. The molecule has 1 aromatic rings. The van der Waals surface area contributed by atoms with Gasteiger partial charge in [-0.2, -0.15) is 0 Å². The molecule has 6 nitrogen and oxygen atoms in total. The Balaban J connectivity index is 3.10. The molecule has 0 unspecified atom stereocenters. The Morgan fingerprint density at radius 2 is 2.38 bits per heavy atom. The summed E-state index contributed by atoms with van der Waals surface area (Å²) in [4.78, 5) is 17.7. The molecule has 0 atom stereocenters. The van der Waals surface area contributed by atoms with Gasteiger partial charge in [-0.15, -0.1) is 0 Å². The lowest BCUT2D eigenvalue weighted by atomic mass is 10.4. The molecular formula is C7H10N4O2. The molecule has 0 spiro atoms. The Labute approximate surface area is 75.2 Å². The number of anilines is 1. The number of nitro groups is 1. The van der Waals surface area contributed by atoms with Crippen molar-refractivity contribution in [2.75, 3.05) is 11.9 Å². The third-order valence-corrected chi connectivity index (χ3v) is 1.43. The summed E-state index contributed by atoms with van der Waals surface area (Å²) in [5.41, 5.74) is -0.0903. The SMILES string of the molecule is CCNc1nc(C)ncc1[N+](=O)[O-]. The van der Waals surface area contributed by atoms with Crippen LogP contribution in [-0.4, -0.2) is 21.4 Å². The van der Waals surface area contributed by atoms with E-state index in [2.05, 4.69) is 15.3 Å². The third-order valence-electron chi connectivity index (χ3n) is 1.43. The summed E-state index contributed by atoms with van der Waals surface area (Å²) in [5, 5.41) is 13.3. The van der Waals surface area contributed by atoms with Crippen molar-refractivity contribution in [3.05, 3.63) is 22.1 Å². The lowest BCUT2D eigenvalue weighted by Gasteiger charge is -2.02. The average Bonchev–Trinajstić information content (AvgIpc) is 2.04. The molecule has 0 aliphatic heterocycles. The van der Waals surface area contributed by atoms with Crippen molar-refractivity contribution in [2.45, 2.75) is 13.8 Å². The molecule has 0 saturated carbocycles. The summed E-state index contributed by atoms with van der Waals surface area (Å²) in [7, 11) is 0. The molecule has 0 bridgehead atoms. The Morgan fingerprint density at radius 3 is 2.92 bits per heavy atom. The fourth-order valence-corrected chi connectivity index (χ4v) is 0.895. The van der Waals surface area contributed by atoms with Gasteiger partial charge in [0.15, 0.2) is 0 Å². The van der Waals surface area contributed by atoms with Crippen LogP contribution in [0.3, 0.4) is 0 Å². The van der Waals surface area contributed by atoms with Crippen LogP contribution in [0, 0.1) is 17.0 Å². The Bertz CT molecular complexity index is 326. The lowest BCUT2D eigenvalue weighted by Crippen LogP contribution is -2.05. The quantitative estimate of drug-likeness (QED) is 0.559. The van der Waals surface area contributed by atoms with E-state index in [0.717, 1.165) is 0 Å². The molecule has 70 valence electrons. The van der Waals surface area contributed by atoms with Crippen LogP contribution in [0.5, 0.6) is 0 Å². The van der Waals surface area contributed by atoms with Crippen molar-refractivity contribution in [3.8, 4) is 0 Å². The van der Waals surface area contributed by atoms with E-state index in [1.807, 2.05) is 6.92 Å². The average molecular weight is 182 g/mol. The summed E-state index contributed by atoms with van der Waals surface area (Å²) in [6.07, 6.45) is 1.21. The molecular weight excluding hydrogens is 172 g/mol. The minimum Gasteiger partial charge on any atom is -0.365 e. The molecule has 1 heterocycles. The van der Waals surface area contributed by atoms with Crippen molar-refractivity contribution in [1.29, 1.82) is 0 Å². The van der Waals surface area contributed by atoms with Gasteiger partial charge in [-0.3, -0.25) is 10.1 Å². The zero-order valence-electron chi connectivity index (χ0n) is 7.44. The van der Waals surface area contributed by atoms with E-state index in [1.54, 1.807) is 6.92 Å². The number of aryl methyl sites for hydroxylation is 1. The van der Waals surface area contributed by atoms with Gasteiger partial charge in [-0.1, -0.05) is 0 Å². The second-order valence-corrected chi connectivity index (χ2v) is 2.44. The second-order valence-electron chi connectivity index (χ2n) is 2.44. The number of nitrogens with one attached hydrogen (secondary N) is 1. The maximum Gasteiger partial charge on any atom is 0.329 e. The zero-order valence-corrected chi connectivity index (χ0v) is 7.44. The second kappa shape index (κ2) is 3.79. The molecule has 1 N–H and O–H groups in total. The first-order valence-corrected chi connectivity index (χ1v) is 3.87. The molecule has 0 fully saturated rings. The number of rotatable bonds is 3. The molecule has 13 heavy (non-hydrogen) atoms. The van der Waals surface area contributed by atoms with Crippen molar-refractivity contribution in [3.63, 3.8) is 0 Å². The van der Waals surface area contributed by atoms with Crippen LogP contribution in [0.1, 0.15) is 12.7 Å². The monoisotopic (exact) mass is 182 g/mol. The number of nitrogens with zero attached hydrogens (tertiary/aromatic N) is 3. The standard InChI is InChI=1S/C7H10N4O2/c1-3-8-7-6(11(12)13)4-9-5(2)10-7/h4H,3H2,1-2H3,(H,8,9,10). The van der Waals surface area contributed by atoms with E-state index in [-0.39, 0.29) is 11.5 Å². The van der Waals surface area contributed by atoms with Crippen LogP contribution in [0.25, 0.3) is 0 Å². The largest absolute Gasteiger partial charge is 0.365 e. The maximum atomic E-state index is 10.5. The number of aromatic nitrogens is 2. The highest BCUT2D eigenvalue weighted by atomic mass is 16.6. The van der Waals surface area contributed by atoms with E-state index >= 15 is 0 Å². The topological polar surface area (TPSA) is 81.0 Å².